The lowest BCUT2D eigenvalue weighted by molar-refractivity contribution is -0.114. The van der Waals surface area contributed by atoms with Crippen LogP contribution in [0.15, 0.2) is 71.6 Å². The average Bonchev–Trinajstić information content (AvgIpc) is 2.84. The van der Waals surface area contributed by atoms with Crippen LogP contribution < -0.4 is 23.8 Å². The van der Waals surface area contributed by atoms with E-state index in [1.165, 1.54) is 32.4 Å². The summed E-state index contributed by atoms with van der Waals surface area (Å²) in [7, 11) is -1.25. The van der Waals surface area contributed by atoms with Gasteiger partial charge < -0.3 is 19.5 Å². The zero-order valence-corrected chi connectivity index (χ0v) is 21.9. The van der Waals surface area contributed by atoms with Crippen LogP contribution in [0.4, 0.5) is 11.4 Å². The van der Waals surface area contributed by atoms with Crippen LogP contribution >= 0.6 is 22.6 Å². The molecule has 0 unspecified atom stereocenters. The number of benzene rings is 3. The Hall–Kier alpha value is -2.99. The lowest BCUT2D eigenvalue weighted by Gasteiger charge is -2.24. The van der Waals surface area contributed by atoms with Crippen molar-refractivity contribution >= 4 is 49.9 Å². The fraction of sp³-hybridized carbons (Fsp3) is 0.208. The highest BCUT2D eigenvalue weighted by Crippen LogP contribution is 2.32. The Morgan fingerprint density at radius 1 is 0.941 bits per heavy atom. The number of anilines is 2. The van der Waals surface area contributed by atoms with Crippen molar-refractivity contribution in [2.45, 2.75) is 11.8 Å². The summed E-state index contributed by atoms with van der Waals surface area (Å²) in [5.74, 6) is 0.765. The van der Waals surface area contributed by atoms with Gasteiger partial charge in [-0.1, -0.05) is 0 Å². The predicted molar refractivity (Wildman–Crippen MR) is 139 cm³/mol. The highest BCUT2D eigenvalue weighted by Gasteiger charge is 2.28. The van der Waals surface area contributed by atoms with Gasteiger partial charge in [-0.3, -0.25) is 9.10 Å². The van der Waals surface area contributed by atoms with Crippen LogP contribution in [0.25, 0.3) is 0 Å². The van der Waals surface area contributed by atoms with Gasteiger partial charge >= 0.3 is 0 Å². The molecule has 34 heavy (non-hydrogen) atoms. The van der Waals surface area contributed by atoms with Crippen molar-refractivity contribution in [2.24, 2.45) is 0 Å². The fourth-order valence-corrected chi connectivity index (χ4v) is 4.96. The molecule has 8 nitrogen and oxygen atoms in total. The van der Waals surface area contributed by atoms with E-state index in [-0.39, 0.29) is 10.6 Å². The van der Waals surface area contributed by atoms with Gasteiger partial charge in [0, 0.05) is 15.3 Å². The maximum absolute atomic E-state index is 13.7. The number of carbonyl (C=O) groups excluding carboxylic acids is 1. The van der Waals surface area contributed by atoms with Crippen molar-refractivity contribution in [1.82, 2.24) is 0 Å². The van der Waals surface area contributed by atoms with Crippen LogP contribution in [0.2, 0.25) is 0 Å². The fourth-order valence-electron chi connectivity index (χ4n) is 3.16. The topological polar surface area (TPSA) is 94.2 Å². The van der Waals surface area contributed by atoms with Crippen molar-refractivity contribution in [3.63, 3.8) is 0 Å². The molecule has 1 N–H and O–H groups in total. The number of amides is 1. The third-order valence-corrected chi connectivity index (χ3v) is 7.28. The van der Waals surface area contributed by atoms with Crippen LogP contribution in [-0.4, -0.2) is 41.7 Å². The van der Waals surface area contributed by atoms with Crippen LogP contribution in [0.3, 0.4) is 0 Å². The maximum Gasteiger partial charge on any atom is 0.264 e. The zero-order chi connectivity index (χ0) is 24.7. The SMILES string of the molecule is CCOc1ccc(N(CC(=O)Nc2ccc(I)cc2)S(=O)(=O)c2ccc(OC)c(OC)c2)cc1. The number of nitrogens with one attached hydrogen (secondary N) is 1. The molecule has 0 spiro atoms. The van der Waals surface area contributed by atoms with Gasteiger partial charge in [0.25, 0.3) is 10.0 Å². The van der Waals surface area contributed by atoms with Gasteiger partial charge in [-0.05, 0) is 90.2 Å². The molecule has 0 bridgehead atoms. The summed E-state index contributed by atoms with van der Waals surface area (Å²) in [6.07, 6.45) is 0. The predicted octanol–water partition coefficient (Wildman–Crippen LogP) is 4.54. The second-order valence-electron chi connectivity index (χ2n) is 7.01. The molecule has 0 radical (unpaired) electrons. The van der Waals surface area contributed by atoms with Gasteiger partial charge in [-0.2, -0.15) is 0 Å². The van der Waals surface area contributed by atoms with Gasteiger partial charge in [0.2, 0.25) is 5.91 Å². The lowest BCUT2D eigenvalue weighted by atomic mass is 10.3. The molecule has 0 aliphatic rings. The molecule has 10 heteroatoms. The van der Waals surface area contributed by atoms with E-state index < -0.39 is 22.5 Å². The summed E-state index contributed by atoms with van der Waals surface area (Å²) in [5, 5.41) is 2.75. The monoisotopic (exact) mass is 596 g/mol. The first-order valence-corrected chi connectivity index (χ1v) is 12.8. The lowest BCUT2D eigenvalue weighted by Crippen LogP contribution is -2.38. The minimum atomic E-state index is -4.14. The normalized spacial score (nSPS) is 10.9. The van der Waals surface area contributed by atoms with Crippen molar-refractivity contribution in [2.75, 3.05) is 37.0 Å². The van der Waals surface area contributed by atoms with Crippen LogP contribution in [0, 0.1) is 3.57 Å². The number of methoxy groups -OCH3 is 2. The smallest absolute Gasteiger partial charge is 0.264 e. The molecule has 0 heterocycles. The van der Waals surface area contributed by atoms with Crippen molar-refractivity contribution in [3.05, 3.63) is 70.3 Å². The maximum atomic E-state index is 13.7. The molecule has 0 aliphatic carbocycles. The first-order chi connectivity index (χ1) is 16.3. The molecule has 0 aliphatic heterocycles. The first-order valence-electron chi connectivity index (χ1n) is 10.3. The summed E-state index contributed by atoms with van der Waals surface area (Å²) in [4.78, 5) is 12.8. The minimum absolute atomic E-state index is 0.0406. The first kappa shape index (κ1) is 25.6. The van der Waals surface area contributed by atoms with Crippen molar-refractivity contribution < 1.29 is 27.4 Å². The Labute approximate surface area is 213 Å². The van der Waals surface area contributed by atoms with E-state index in [4.69, 9.17) is 14.2 Å². The summed E-state index contributed by atoms with van der Waals surface area (Å²) in [6, 6.07) is 18.0. The third-order valence-electron chi connectivity index (χ3n) is 4.79. The Kier molecular flexibility index (Phi) is 8.61. The van der Waals surface area contributed by atoms with Crippen LogP contribution in [-0.2, 0) is 14.8 Å². The van der Waals surface area contributed by atoms with Gasteiger partial charge in [-0.15, -0.1) is 0 Å². The molecule has 0 atom stereocenters. The second-order valence-corrected chi connectivity index (χ2v) is 10.1. The van der Waals surface area contributed by atoms with Crippen molar-refractivity contribution in [1.29, 1.82) is 0 Å². The number of halogens is 1. The number of rotatable bonds is 10. The van der Waals surface area contributed by atoms with Gasteiger partial charge in [0.1, 0.15) is 12.3 Å². The number of sulfonamides is 1. The van der Waals surface area contributed by atoms with Gasteiger partial charge in [0.05, 0.1) is 31.4 Å². The van der Waals surface area contributed by atoms with Gasteiger partial charge in [-0.25, -0.2) is 8.42 Å². The Morgan fingerprint density at radius 3 is 2.18 bits per heavy atom. The van der Waals surface area contributed by atoms with Gasteiger partial charge in [0.15, 0.2) is 11.5 Å². The molecule has 3 rings (SSSR count). The summed E-state index contributed by atoms with van der Waals surface area (Å²) >= 11 is 2.16. The number of hydrogen-bond donors (Lipinski definition) is 1. The quantitative estimate of drug-likeness (QED) is 0.346. The highest BCUT2D eigenvalue weighted by atomic mass is 127. The molecular formula is C24H25IN2O6S. The second kappa shape index (κ2) is 11.4. The standard InChI is InChI=1S/C24H25IN2O6S/c1-4-33-20-11-9-19(10-12-20)27(16-24(28)26-18-7-5-17(25)6-8-18)34(29,30)21-13-14-22(31-2)23(15-21)32-3/h5-15H,4,16H2,1-3H3,(H,26,28). The molecule has 0 saturated heterocycles. The molecule has 180 valence electrons. The Morgan fingerprint density at radius 2 is 1.59 bits per heavy atom. The van der Waals surface area contributed by atoms with E-state index in [1.54, 1.807) is 36.4 Å². The Balaban J connectivity index is 1.98. The van der Waals surface area contributed by atoms with E-state index >= 15 is 0 Å². The summed E-state index contributed by atoms with van der Waals surface area (Å²) in [5.41, 5.74) is 0.886. The molecule has 3 aromatic rings. The number of hydrogen-bond acceptors (Lipinski definition) is 6. The van der Waals surface area contributed by atoms with E-state index in [1.807, 2.05) is 19.1 Å². The summed E-state index contributed by atoms with van der Waals surface area (Å²) < 4.78 is 45.3. The third kappa shape index (κ3) is 6.11. The molecular weight excluding hydrogens is 571 g/mol. The average molecular weight is 596 g/mol. The summed E-state index contributed by atoms with van der Waals surface area (Å²) in [6.45, 7) is 1.90. The largest absolute Gasteiger partial charge is 0.494 e. The van der Waals surface area contributed by atoms with E-state index in [0.29, 0.717) is 29.5 Å². The van der Waals surface area contributed by atoms with E-state index in [0.717, 1.165) is 7.88 Å². The van der Waals surface area contributed by atoms with Crippen LogP contribution in [0.1, 0.15) is 6.92 Å². The highest BCUT2D eigenvalue weighted by molar-refractivity contribution is 14.1. The molecule has 0 saturated carbocycles. The zero-order valence-electron chi connectivity index (χ0n) is 18.9. The molecule has 0 aromatic heterocycles. The number of carbonyl (C=O) groups is 1. The van der Waals surface area contributed by atoms with Crippen molar-refractivity contribution in [3.8, 4) is 17.2 Å². The molecule has 3 aromatic carbocycles. The molecule has 1 amide bonds. The van der Waals surface area contributed by atoms with E-state index in [2.05, 4.69) is 27.9 Å². The van der Waals surface area contributed by atoms with E-state index in [9.17, 15) is 13.2 Å². The number of nitrogens with zero attached hydrogens (tertiary/aromatic N) is 1. The molecule has 0 fully saturated rings. The number of ether oxygens (including phenoxy) is 3. The van der Waals surface area contributed by atoms with Crippen LogP contribution in [0.5, 0.6) is 17.2 Å². The minimum Gasteiger partial charge on any atom is -0.494 e. The Bertz CT molecular complexity index is 1230.